The summed E-state index contributed by atoms with van der Waals surface area (Å²) in [5, 5.41) is 0.404. The molecule has 6 heteroatoms. The predicted octanol–water partition coefficient (Wildman–Crippen LogP) is 4.77. The second-order valence-electron chi connectivity index (χ2n) is 7.14. The third-order valence-corrected chi connectivity index (χ3v) is 5.71. The Labute approximate surface area is 168 Å². The molecule has 1 aromatic heterocycles. The lowest BCUT2D eigenvalue weighted by molar-refractivity contribution is 0.0174. The van der Waals surface area contributed by atoms with Crippen LogP contribution in [-0.4, -0.2) is 21.6 Å². The number of hydrogen-bond donors (Lipinski definition) is 0. The van der Waals surface area contributed by atoms with Gasteiger partial charge in [-0.15, -0.1) is 0 Å². The van der Waals surface area contributed by atoms with E-state index >= 15 is 0 Å². The van der Waals surface area contributed by atoms with E-state index in [0.717, 1.165) is 17.0 Å². The van der Waals surface area contributed by atoms with Gasteiger partial charge in [0, 0.05) is 17.7 Å². The standard InChI is InChI=1S/C22H18N2O3S/c1-22-14-17(16-10-5-6-11-18(16)27-22)23(20(25)19-12-7-13-26-19)21(28)24(22)15-8-3-2-4-9-15/h2-13,17H,14H2,1H3/t17-,22+/m1/s1. The molecule has 0 radical (unpaired) electrons. The van der Waals surface area contributed by atoms with E-state index in [0.29, 0.717) is 11.5 Å². The van der Waals surface area contributed by atoms with Gasteiger partial charge in [0.2, 0.25) is 0 Å². The number of carbonyl (C=O) groups is 1. The first-order valence-electron chi connectivity index (χ1n) is 9.13. The lowest BCUT2D eigenvalue weighted by atomic mass is 9.88. The highest BCUT2D eigenvalue weighted by molar-refractivity contribution is 7.80. The summed E-state index contributed by atoms with van der Waals surface area (Å²) in [4.78, 5) is 16.9. The molecule has 2 aliphatic rings. The summed E-state index contributed by atoms with van der Waals surface area (Å²) in [6.07, 6.45) is 2.09. The lowest BCUT2D eigenvalue weighted by Gasteiger charge is -2.55. The molecule has 2 aliphatic heterocycles. The monoisotopic (exact) mass is 390 g/mol. The molecule has 5 nitrogen and oxygen atoms in total. The Balaban J connectivity index is 1.69. The molecule has 5 rings (SSSR count). The number of fused-ring (bicyclic) bond motifs is 4. The summed E-state index contributed by atoms with van der Waals surface area (Å²) in [5.41, 5.74) is 1.14. The number of para-hydroxylation sites is 2. The minimum Gasteiger partial charge on any atom is -0.467 e. The van der Waals surface area contributed by atoms with E-state index in [1.165, 1.54) is 6.26 Å². The fourth-order valence-corrected chi connectivity index (χ4v) is 4.62. The van der Waals surface area contributed by atoms with Crippen LogP contribution >= 0.6 is 12.2 Å². The minimum atomic E-state index is -0.697. The van der Waals surface area contributed by atoms with Crippen molar-refractivity contribution in [3.8, 4) is 5.75 Å². The van der Waals surface area contributed by atoms with Gasteiger partial charge in [0.05, 0.1) is 12.3 Å². The van der Waals surface area contributed by atoms with Crippen molar-refractivity contribution in [2.75, 3.05) is 4.90 Å². The first-order valence-corrected chi connectivity index (χ1v) is 9.53. The van der Waals surface area contributed by atoms with Gasteiger partial charge in [0.15, 0.2) is 16.6 Å². The molecule has 0 unspecified atom stereocenters. The largest absolute Gasteiger partial charge is 0.467 e. The van der Waals surface area contributed by atoms with Gasteiger partial charge in [-0.3, -0.25) is 14.6 Å². The molecule has 1 saturated heterocycles. The van der Waals surface area contributed by atoms with E-state index in [2.05, 4.69) is 0 Å². The van der Waals surface area contributed by atoms with E-state index in [9.17, 15) is 4.79 Å². The molecule has 2 bridgehead atoms. The molecule has 1 fully saturated rings. The van der Waals surface area contributed by atoms with Crippen LogP contribution in [0.5, 0.6) is 5.75 Å². The zero-order valence-electron chi connectivity index (χ0n) is 15.2. The van der Waals surface area contributed by atoms with Gasteiger partial charge in [0.1, 0.15) is 5.75 Å². The molecule has 2 aromatic carbocycles. The van der Waals surface area contributed by atoms with Crippen molar-refractivity contribution >= 4 is 28.9 Å². The van der Waals surface area contributed by atoms with Gasteiger partial charge in [-0.1, -0.05) is 36.4 Å². The summed E-state index contributed by atoms with van der Waals surface area (Å²) in [5.74, 6) is 0.782. The third-order valence-electron chi connectivity index (χ3n) is 5.33. The van der Waals surface area contributed by atoms with Crippen LogP contribution in [-0.2, 0) is 0 Å². The quantitative estimate of drug-likeness (QED) is 0.590. The number of ether oxygens (including phenoxy) is 1. The number of anilines is 1. The maximum atomic E-state index is 13.3. The molecule has 3 heterocycles. The van der Waals surface area contributed by atoms with E-state index in [4.69, 9.17) is 21.4 Å². The second kappa shape index (κ2) is 6.21. The van der Waals surface area contributed by atoms with Gasteiger partial charge >= 0.3 is 0 Å². The van der Waals surface area contributed by atoms with Crippen LogP contribution in [0, 0.1) is 0 Å². The van der Waals surface area contributed by atoms with Crippen molar-refractivity contribution in [1.29, 1.82) is 0 Å². The molecule has 28 heavy (non-hydrogen) atoms. The van der Waals surface area contributed by atoms with Crippen LogP contribution in [0.3, 0.4) is 0 Å². The number of thiocarbonyl (C=S) groups is 1. The Morgan fingerprint density at radius 1 is 1.07 bits per heavy atom. The summed E-state index contributed by atoms with van der Waals surface area (Å²) in [6.45, 7) is 2.02. The number of benzene rings is 2. The summed E-state index contributed by atoms with van der Waals surface area (Å²) >= 11 is 5.85. The molecular formula is C22H18N2O3S. The van der Waals surface area contributed by atoms with Crippen molar-refractivity contribution in [2.24, 2.45) is 0 Å². The van der Waals surface area contributed by atoms with E-state index < -0.39 is 5.72 Å². The number of carbonyl (C=O) groups excluding carboxylic acids is 1. The average molecular weight is 390 g/mol. The maximum absolute atomic E-state index is 13.3. The highest BCUT2D eigenvalue weighted by Crippen LogP contribution is 2.49. The fourth-order valence-electron chi connectivity index (χ4n) is 4.11. The van der Waals surface area contributed by atoms with Gasteiger partial charge < -0.3 is 9.15 Å². The average Bonchev–Trinajstić information content (AvgIpc) is 3.23. The van der Waals surface area contributed by atoms with E-state index in [1.54, 1.807) is 17.0 Å². The normalized spacial score (nSPS) is 23.2. The maximum Gasteiger partial charge on any atom is 0.296 e. The van der Waals surface area contributed by atoms with Crippen molar-refractivity contribution in [3.63, 3.8) is 0 Å². The third kappa shape index (κ3) is 2.45. The van der Waals surface area contributed by atoms with Crippen molar-refractivity contribution in [1.82, 2.24) is 4.90 Å². The topological polar surface area (TPSA) is 45.9 Å². The number of nitrogens with zero attached hydrogens (tertiary/aromatic N) is 2. The first kappa shape index (κ1) is 17.0. The molecule has 140 valence electrons. The fraction of sp³-hybridized carbons (Fsp3) is 0.182. The Morgan fingerprint density at radius 2 is 1.82 bits per heavy atom. The van der Waals surface area contributed by atoms with Gasteiger partial charge in [-0.2, -0.15) is 0 Å². The van der Waals surface area contributed by atoms with E-state index in [-0.39, 0.29) is 17.7 Å². The van der Waals surface area contributed by atoms with Crippen molar-refractivity contribution < 1.29 is 13.9 Å². The van der Waals surface area contributed by atoms with E-state index in [1.807, 2.05) is 66.4 Å². The van der Waals surface area contributed by atoms with Crippen LogP contribution in [0.25, 0.3) is 0 Å². The first-order chi connectivity index (χ1) is 13.6. The van der Waals surface area contributed by atoms with Crippen LogP contribution in [0.1, 0.15) is 35.5 Å². The zero-order valence-corrected chi connectivity index (χ0v) is 16.1. The van der Waals surface area contributed by atoms with Crippen LogP contribution < -0.4 is 9.64 Å². The molecule has 3 aromatic rings. The minimum absolute atomic E-state index is 0.222. The van der Waals surface area contributed by atoms with Crippen molar-refractivity contribution in [2.45, 2.75) is 25.1 Å². The van der Waals surface area contributed by atoms with Gasteiger partial charge in [-0.25, -0.2) is 0 Å². The van der Waals surface area contributed by atoms with Crippen LogP contribution in [0.2, 0.25) is 0 Å². The molecular weight excluding hydrogens is 372 g/mol. The lowest BCUT2D eigenvalue weighted by Crippen LogP contribution is -2.67. The summed E-state index contributed by atoms with van der Waals surface area (Å²) < 4.78 is 11.8. The Morgan fingerprint density at radius 3 is 2.57 bits per heavy atom. The number of hydrogen-bond acceptors (Lipinski definition) is 4. The Kier molecular flexibility index (Phi) is 3.77. The van der Waals surface area contributed by atoms with Gasteiger partial charge in [-0.05, 0) is 49.5 Å². The molecule has 0 aliphatic carbocycles. The Bertz CT molecular complexity index is 1050. The Hall–Kier alpha value is -3.12. The van der Waals surface area contributed by atoms with Crippen molar-refractivity contribution in [3.05, 3.63) is 84.3 Å². The molecule has 0 spiro atoms. The van der Waals surface area contributed by atoms with Crippen LogP contribution in [0.4, 0.5) is 5.69 Å². The smallest absolute Gasteiger partial charge is 0.296 e. The second-order valence-corrected chi connectivity index (χ2v) is 7.51. The number of furan rings is 1. The predicted molar refractivity (Wildman–Crippen MR) is 109 cm³/mol. The van der Waals surface area contributed by atoms with Gasteiger partial charge in [0.25, 0.3) is 5.91 Å². The molecule has 1 amide bonds. The SMILES string of the molecule is C[C@@]12C[C@H](c3ccccc3O1)N(C(=O)c1ccco1)C(=S)N2c1ccccc1. The van der Waals surface area contributed by atoms with Crippen LogP contribution in [0.15, 0.2) is 77.4 Å². The summed E-state index contributed by atoms with van der Waals surface area (Å²) in [6, 6.07) is 20.7. The molecule has 0 saturated carbocycles. The highest BCUT2D eigenvalue weighted by atomic mass is 32.1. The summed E-state index contributed by atoms with van der Waals surface area (Å²) in [7, 11) is 0. The zero-order chi connectivity index (χ0) is 19.3. The molecule has 2 atom stereocenters. The molecule has 0 N–H and O–H groups in total. The highest BCUT2D eigenvalue weighted by Gasteiger charge is 2.53. The number of rotatable bonds is 2. The number of amides is 1.